The van der Waals surface area contributed by atoms with Crippen molar-refractivity contribution in [3.63, 3.8) is 0 Å². The van der Waals surface area contributed by atoms with E-state index in [9.17, 15) is 4.79 Å². The van der Waals surface area contributed by atoms with Gasteiger partial charge in [-0.1, -0.05) is 60.7 Å². The molecule has 0 saturated heterocycles. The first-order valence-electron chi connectivity index (χ1n) is 10.6. The Bertz CT molecular complexity index is 1420. The number of hydrogen-bond donors (Lipinski definition) is 2. The Morgan fingerprint density at radius 2 is 1.55 bits per heavy atom. The zero-order chi connectivity index (χ0) is 22.5. The molecule has 0 aliphatic rings. The monoisotopic (exact) mass is 431 g/mol. The molecule has 5 aromatic rings. The maximum Gasteiger partial charge on any atom is 0.255 e. The molecule has 1 amide bonds. The van der Waals surface area contributed by atoms with Crippen LogP contribution in [0.1, 0.15) is 21.6 Å². The second kappa shape index (κ2) is 9.24. The SMILES string of the molecule is O=C(Nc1cccc(Oc2ccc3c(C=Cc4ccccc4)n[nH]c3c2)c1)c1ccccc1. The molecule has 0 radical (unpaired) electrons. The number of amides is 1. The molecular weight excluding hydrogens is 410 g/mol. The maximum absolute atomic E-state index is 12.4. The number of benzene rings is 4. The van der Waals surface area contributed by atoms with Gasteiger partial charge in [0.25, 0.3) is 5.91 Å². The van der Waals surface area contributed by atoms with Crippen LogP contribution in [-0.4, -0.2) is 16.1 Å². The van der Waals surface area contributed by atoms with Crippen LogP contribution in [0.5, 0.6) is 11.5 Å². The summed E-state index contributed by atoms with van der Waals surface area (Å²) in [7, 11) is 0. The Morgan fingerprint density at radius 1 is 0.788 bits per heavy atom. The van der Waals surface area contributed by atoms with E-state index in [-0.39, 0.29) is 5.91 Å². The van der Waals surface area contributed by atoms with Gasteiger partial charge in [-0.25, -0.2) is 0 Å². The number of hydrogen-bond acceptors (Lipinski definition) is 3. The molecule has 5 nitrogen and oxygen atoms in total. The van der Waals surface area contributed by atoms with Crippen molar-refractivity contribution in [3.05, 3.63) is 120 Å². The predicted octanol–water partition coefficient (Wildman–Crippen LogP) is 6.78. The Balaban J connectivity index is 1.31. The lowest BCUT2D eigenvalue weighted by molar-refractivity contribution is 0.102. The van der Waals surface area contributed by atoms with Crippen LogP contribution in [-0.2, 0) is 0 Å². The fourth-order valence-corrected chi connectivity index (χ4v) is 3.52. The van der Waals surface area contributed by atoms with Crippen molar-refractivity contribution in [2.24, 2.45) is 0 Å². The molecule has 0 spiro atoms. The van der Waals surface area contributed by atoms with Gasteiger partial charge >= 0.3 is 0 Å². The first kappa shape index (κ1) is 20.3. The predicted molar refractivity (Wildman–Crippen MR) is 132 cm³/mol. The van der Waals surface area contributed by atoms with Gasteiger partial charge in [0, 0.05) is 28.8 Å². The molecule has 0 unspecified atom stereocenters. The Hall–Kier alpha value is -4.64. The van der Waals surface area contributed by atoms with Crippen molar-refractivity contribution in [1.29, 1.82) is 0 Å². The third-order valence-corrected chi connectivity index (χ3v) is 5.16. The van der Waals surface area contributed by atoms with Crippen molar-refractivity contribution in [1.82, 2.24) is 10.2 Å². The minimum absolute atomic E-state index is 0.164. The first-order valence-corrected chi connectivity index (χ1v) is 10.6. The summed E-state index contributed by atoms with van der Waals surface area (Å²) in [6.07, 6.45) is 4.03. The molecule has 1 heterocycles. The zero-order valence-corrected chi connectivity index (χ0v) is 17.7. The molecule has 4 aromatic carbocycles. The van der Waals surface area contributed by atoms with E-state index < -0.39 is 0 Å². The first-order chi connectivity index (χ1) is 16.2. The Labute approximate surface area is 191 Å². The van der Waals surface area contributed by atoms with E-state index in [0.717, 1.165) is 22.2 Å². The van der Waals surface area contributed by atoms with E-state index in [4.69, 9.17) is 4.74 Å². The number of ether oxygens (including phenoxy) is 1. The highest BCUT2D eigenvalue weighted by molar-refractivity contribution is 6.04. The lowest BCUT2D eigenvalue weighted by Gasteiger charge is -2.09. The van der Waals surface area contributed by atoms with Crippen LogP contribution >= 0.6 is 0 Å². The average molecular weight is 431 g/mol. The van der Waals surface area contributed by atoms with Crippen molar-refractivity contribution in [2.75, 3.05) is 5.32 Å². The van der Waals surface area contributed by atoms with Crippen molar-refractivity contribution >= 4 is 34.6 Å². The summed E-state index contributed by atoms with van der Waals surface area (Å²) >= 11 is 0. The number of nitrogens with zero attached hydrogens (tertiary/aromatic N) is 1. The summed E-state index contributed by atoms with van der Waals surface area (Å²) in [6.45, 7) is 0. The topological polar surface area (TPSA) is 67.0 Å². The Morgan fingerprint density at radius 3 is 2.36 bits per heavy atom. The van der Waals surface area contributed by atoms with Crippen LogP contribution in [0, 0.1) is 0 Å². The van der Waals surface area contributed by atoms with E-state index in [1.807, 2.05) is 97.1 Å². The van der Waals surface area contributed by atoms with Gasteiger partial charge in [-0.2, -0.15) is 5.10 Å². The van der Waals surface area contributed by atoms with Gasteiger partial charge < -0.3 is 10.1 Å². The number of carbonyl (C=O) groups excluding carboxylic acids is 1. The van der Waals surface area contributed by atoms with Gasteiger partial charge in [0.2, 0.25) is 0 Å². The maximum atomic E-state index is 12.4. The van der Waals surface area contributed by atoms with E-state index in [0.29, 0.717) is 22.7 Å². The van der Waals surface area contributed by atoms with Gasteiger partial charge in [-0.05, 0) is 48.0 Å². The van der Waals surface area contributed by atoms with Gasteiger partial charge in [0.1, 0.15) is 11.5 Å². The lowest BCUT2D eigenvalue weighted by atomic mass is 10.1. The lowest BCUT2D eigenvalue weighted by Crippen LogP contribution is -2.11. The fraction of sp³-hybridized carbons (Fsp3) is 0. The number of rotatable bonds is 6. The highest BCUT2D eigenvalue weighted by atomic mass is 16.5. The van der Waals surface area contributed by atoms with Crippen molar-refractivity contribution in [3.8, 4) is 11.5 Å². The largest absolute Gasteiger partial charge is 0.457 e. The summed E-state index contributed by atoms with van der Waals surface area (Å²) in [6, 6.07) is 32.3. The summed E-state index contributed by atoms with van der Waals surface area (Å²) in [5.41, 5.74) is 4.13. The normalized spacial score (nSPS) is 11.0. The molecule has 0 atom stereocenters. The standard InChI is InChI=1S/C28H21N3O2/c32-28(21-10-5-2-6-11-21)29-22-12-7-13-23(18-22)33-24-15-16-25-26(30-31-27(25)19-24)17-14-20-8-3-1-4-9-20/h1-19H,(H,29,32)(H,30,31). The molecule has 0 bridgehead atoms. The average Bonchev–Trinajstić information content (AvgIpc) is 3.26. The molecule has 0 aliphatic carbocycles. The smallest absolute Gasteiger partial charge is 0.255 e. The number of carbonyl (C=O) groups is 1. The molecular formula is C28H21N3O2. The number of aromatic nitrogens is 2. The number of H-pyrrole nitrogens is 1. The van der Waals surface area contributed by atoms with Gasteiger partial charge in [0.15, 0.2) is 0 Å². The molecule has 5 rings (SSSR count). The van der Waals surface area contributed by atoms with Crippen LogP contribution in [0.25, 0.3) is 23.1 Å². The molecule has 5 heteroatoms. The third kappa shape index (κ3) is 4.83. The summed E-state index contributed by atoms with van der Waals surface area (Å²) < 4.78 is 6.04. The molecule has 33 heavy (non-hydrogen) atoms. The van der Waals surface area contributed by atoms with Crippen LogP contribution in [0.2, 0.25) is 0 Å². The Kier molecular flexibility index (Phi) is 5.68. The van der Waals surface area contributed by atoms with E-state index in [1.54, 1.807) is 18.2 Å². The van der Waals surface area contributed by atoms with E-state index >= 15 is 0 Å². The van der Waals surface area contributed by atoms with Crippen LogP contribution in [0.15, 0.2) is 103 Å². The van der Waals surface area contributed by atoms with E-state index in [1.165, 1.54) is 0 Å². The number of aromatic amines is 1. The molecule has 0 saturated carbocycles. The summed E-state index contributed by atoms with van der Waals surface area (Å²) in [5.74, 6) is 1.14. The minimum Gasteiger partial charge on any atom is -0.457 e. The molecule has 1 aromatic heterocycles. The summed E-state index contributed by atoms with van der Waals surface area (Å²) in [4.78, 5) is 12.4. The van der Waals surface area contributed by atoms with Crippen LogP contribution in [0.4, 0.5) is 5.69 Å². The highest BCUT2D eigenvalue weighted by Gasteiger charge is 2.08. The minimum atomic E-state index is -0.164. The van der Waals surface area contributed by atoms with Crippen LogP contribution < -0.4 is 10.1 Å². The highest BCUT2D eigenvalue weighted by Crippen LogP contribution is 2.28. The second-order valence-corrected chi connectivity index (χ2v) is 7.51. The molecule has 160 valence electrons. The summed E-state index contributed by atoms with van der Waals surface area (Å²) in [5, 5.41) is 11.4. The van der Waals surface area contributed by atoms with Crippen molar-refractivity contribution in [2.45, 2.75) is 0 Å². The van der Waals surface area contributed by atoms with Crippen LogP contribution in [0.3, 0.4) is 0 Å². The van der Waals surface area contributed by atoms with Crippen molar-refractivity contribution < 1.29 is 9.53 Å². The van der Waals surface area contributed by atoms with Gasteiger partial charge in [-0.15, -0.1) is 0 Å². The van der Waals surface area contributed by atoms with Gasteiger partial charge in [0.05, 0.1) is 11.2 Å². The number of nitrogens with one attached hydrogen (secondary N) is 2. The third-order valence-electron chi connectivity index (χ3n) is 5.16. The molecule has 0 aliphatic heterocycles. The second-order valence-electron chi connectivity index (χ2n) is 7.51. The van der Waals surface area contributed by atoms with Gasteiger partial charge in [-0.3, -0.25) is 9.89 Å². The fourth-order valence-electron chi connectivity index (χ4n) is 3.52. The molecule has 2 N–H and O–H groups in total. The van der Waals surface area contributed by atoms with E-state index in [2.05, 4.69) is 15.5 Å². The zero-order valence-electron chi connectivity index (χ0n) is 17.7. The quantitative estimate of drug-likeness (QED) is 0.311. The number of anilines is 1. The molecule has 0 fully saturated rings. The number of fused-ring (bicyclic) bond motifs is 1.